The average molecular weight is 218 g/mol. The minimum absolute atomic E-state index is 0.493. The molecule has 78 valence electrons. The van der Waals surface area contributed by atoms with Crippen LogP contribution in [0.4, 0.5) is 22.0 Å². The van der Waals surface area contributed by atoms with E-state index in [1.807, 2.05) is 0 Å². The molecule has 0 aromatic heterocycles. The SMILES string of the molecule is Fc1ccc2c(F)c(F)c(F)c(F)c2c1. The van der Waals surface area contributed by atoms with Crippen LogP contribution in [-0.4, -0.2) is 0 Å². The number of halogens is 5. The number of fused-ring (bicyclic) bond motifs is 1. The summed E-state index contributed by atoms with van der Waals surface area (Å²) >= 11 is 0. The zero-order valence-electron chi connectivity index (χ0n) is 7.12. The summed E-state index contributed by atoms with van der Waals surface area (Å²) in [5.74, 6) is -7.81. The third-order valence-electron chi connectivity index (χ3n) is 2.03. The zero-order chi connectivity index (χ0) is 11.2. The van der Waals surface area contributed by atoms with Crippen molar-refractivity contribution in [2.75, 3.05) is 0 Å². The van der Waals surface area contributed by atoms with E-state index >= 15 is 0 Å². The molecule has 0 fully saturated rings. The Labute approximate surface area is 80.9 Å². The highest BCUT2D eigenvalue weighted by Crippen LogP contribution is 2.26. The van der Waals surface area contributed by atoms with E-state index in [0.717, 1.165) is 12.1 Å². The van der Waals surface area contributed by atoms with Crippen LogP contribution in [0.2, 0.25) is 0 Å². The summed E-state index contributed by atoms with van der Waals surface area (Å²) in [5, 5.41) is -1.11. The van der Waals surface area contributed by atoms with Gasteiger partial charge >= 0.3 is 0 Å². The van der Waals surface area contributed by atoms with E-state index in [4.69, 9.17) is 0 Å². The topological polar surface area (TPSA) is 0 Å². The summed E-state index contributed by atoms with van der Waals surface area (Å²) in [6, 6.07) is 2.30. The van der Waals surface area contributed by atoms with Crippen molar-refractivity contribution in [2.45, 2.75) is 0 Å². The van der Waals surface area contributed by atoms with Crippen LogP contribution in [0, 0.1) is 29.1 Å². The molecule has 0 N–H and O–H groups in total. The van der Waals surface area contributed by atoms with Crippen molar-refractivity contribution in [1.82, 2.24) is 0 Å². The Bertz CT molecular complexity index is 547. The second-order valence-electron chi connectivity index (χ2n) is 2.95. The Morgan fingerprint density at radius 3 is 1.73 bits per heavy atom. The summed E-state index contributed by atoms with van der Waals surface area (Å²) in [6.45, 7) is 0. The van der Waals surface area contributed by atoms with Gasteiger partial charge in [-0.05, 0) is 18.2 Å². The van der Waals surface area contributed by atoms with Crippen LogP contribution in [0.15, 0.2) is 18.2 Å². The van der Waals surface area contributed by atoms with Crippen molar-refractivity contribution in [3.8, 4) is 0 Å². The van der Waals surface area contributed by atoms with E-state index in [9.17, 15) is 22.0 Å². The van der Waals surface area contributed by atoms with Gasteiger partial charge in [-0.2, -0.15) is 0 Å². The van der Waals surface area contributed by atoms with Gasteiger partial charge in [0.05, 0.1) is 0 Å². The predicted octanol–water partition coefficient (Wildman–Crippen LogP) is 3.54. The molecule has 2 rings (SSSR count). The van der Waals surface area contributed by atoms with E-state index in [2.05, 4.69) is 0 Å². The fourth-order valence-electron chi connectivity index (χ4n) is 1.32. The summed E-state index contributed by atoms with van der Waals surface area (Å²) in [4.78, 5) is 0. The lowest BCUT2D eigenvalue weighted by Gasteiger charge is -2.04. The fraction of sp³-hybridized carbons (Fsp3) is 0. The number of hydrogen-bond acceptors (Lipinski definition) is 0. The van der Waals surface area contributed by atoms with Crippen LogP contribution < -0.4 is 0 Å². The van der Waals surface area contributed by atoms with Gasteiger partial charge in [0, 0.05) is 10.8 Å². The van der Waals surface area contributed by atoms with Crippen molar-refractivity contribution in [3.63, 3.8) is 0 Å². The Morgan fingerprint density at radius 2 is 1.13 bits per heavy atom. The van der Waals surface area contributed by atoms with E-state index in [-0.39, 0.29) is 0 Å². The van der Waals surface area contributed by atoms with Crippen LogP contribution in [0.5, 0.6) is 0 Å². The van der Waals surface area contributed by atoms with Crippen molar-refractivity contribution >= 4 is 10.8 Å². The van der Waals surface area contributed by atoms with Gasteiger partial charge in [-0.15, -0.1) is 0 Å². The van der Waals surface area contributed by atoms with Gasteiger partial charge in [0.2, 0.25) is 0 Å². The van der Waals surface area contributed by atoms with Gasteiger partial charge in [-0.25, -0.2) is 22.0 Å². The molecule has 0 heterocycles. The monoisotopic (exact) mass is 218 g/mol. The van der Waals surface area contributed by atoms with Gasteiger partial charge in [0.15, 0.2) is 23.3 Å². The highest BCUT2D eigenvalue weighted by molar-refractivity contribution is 5.84. The molecule has 0 saturated heterocycles. The lowest BCUT2D eigenvalue weighted by atomic mass is 10.1. The van der Waals surface area contributed by atoms with Gasteiger partial charge < -0.3 is 0 Å². The van der Waals surface area contributed by atoms with Crippen LogP contribution in [0.25, 0.3) is 10.8 Å². The van der Waals surface area contributed by atoms with E-state index in [1.165, 1.54) is 0 Å². The molecule has 2 aromatic rings. The molecule has 0 bridgehead atoms. The first-order valence-corrected chi connectivity index (χ1v) is 3.93. The summed E-state index contributed by atoms with van der Waals surface area (Å²) in [7, 11) is 0. The zero-order valence-corrected chi connectivity index (χ0v) is 7.12. The van der Waals surface area contributed by atoms with Crippen LogP contribution in [0.3, 0.4) is 0 Å². The van der Waals surface area contributed by atoms with Crippen molar-refractivity contribution in [2.24, 2.45) is 0 Å². The van der Waals surface area contributed by atoms with Crippen LogP contribution >= 0.6 is 0 Å². The Hall–Kier alpha value is -1.65. The first kappa shape index (κ1) is 9.89. The van der Waals surface area contributed by atoms with Crippen LogP contribution in [-0.2, 0) is 0 Å². The molecule has 0 amide bonds. The first-order chi connectivity index (χ1) is 7.02. The molecule has 0 nitrogen and oxygen atoms in total. The second-order valence-corrected chi connectivity index (χ2v) is 2.95. The molecule has 0 radical (unpaired) electrons. The third-order valence-corrected chi connectivity index (χ3v) is 2.03. The maximum atomic E-state index is 13.1. The predicted molar refractivity (Wildman–Crippen MR) is 43.7 cm³/mol. The highest BCUT2D eigenvalue weighted by atomic mass is 19.2. The summed E-state index contributed by atoms with van der Waals surface area (Å²) in [5.41, 5.74) is 0. The number of hydrogen-bond donors (Lipinski definition) is 0. The van der Waals surface area contributed by atoms with Crippen molar-refractivity contribution in [3.05, 3.63) is 47.3 Å². The molecule has 15 heavy (non-hydrogen) atoms. The molecule has 0 atom stereocenters. The number of benzene rings is 2. The van der Waals surface area contributed by atoms with E-state index in [1.54, 1.807) is 0 Å². The minimum Gasteiger partial charge on any atom is -0.207 e. The molecule has 0 unspecified atom stereocenters. The van der Waals surface area contributed by atoms with Gasteiger partial charge in [0.25, 0.3) is 0 Å². The third kappa shape index (κ3) is 1.35. The van der Waals surface area contributed by atoms with Gasteiger partial charge in [-0.3, -0.25) is 0 Å². The molecule has 0 aliphatic rings. The maximum absolute atomic E-state index is 13.1. The largest absolute Gasteiger partial charge is 0.207 e. The fourth-order valence-corrected chi connectivity index (χ4v) is 1.32. The molecule has 0 spiro atoms. The second kappa shape index (κ2) is 3.18. The Kier molecular flexibility index (Phi) is 2.10. The lowest BCUT2D eigenvalue weighted by molar-refractivity contribution is 0.418. The van der Waals surface area contributed by atoms with Gasteiger partial charge in [-0.1, -0.05) is 0 Å². The molecule has 0 aliphatic carbocycles. The molecular formula is C10H3F5. The maximum Gasteiger partial charge on any atom is 0.198 e. The Morgan fingerprint density at radius 1 is 0.600 bits per heavy atom. The molecule has 0 aliphatic heterocycles. The van der Waals surface area contributed by atoms with E-state index < -0.39 is 39.9 Å². The normalized spacial score (nSPS) is 11.0. The number of rotatable bonds is 0. The summed E-state index contributed by atoms with van der Waals surface area (Å²) < 4.78 is 64.3. The highest BCUT2D eigenvalue weighted by Gasteiger charge is 2.20. The van der Waals surface area contributed by atoms with Gasteiger partial charge in [0.1, 0.15) is 5.82 Å². The van der Waals surface area contributed by atoms with E-state index in [0.29, 0.717) is 6.07 Å². The standard InChI is InChI=1S/C10H3F5/c11-4-1-2-5-6(3-4)8(13)10(15)9(14)7(5)12/h1-3H. The smallest absolute Gasteiger partial charge is 0.198 e. The molecule has 2 aromatic carbocycles. The van der Waals surface area contributed by atoms with Crippen molar-refractivity contribution < 1.29 is 22.0 Å². The molecule has 0 saturated carbocycles. The molecule has 5 heteroatoms. The first-order valence-electron chi connectivity index (χ1n) is 3.93. The Balaban J connectivity index is 3.00. The average Bonchev–Trinajstić information content (AvgIpc) is 2.23. The summed E-state index contributed by atoms with van der Waals surface area (Å²) in [6.07, 6.45) is 0. The quantitative estimate of drug-likeness (QED) is 0.360. The lowest BCUT2D eigenvalue weighted by Crippen LogP contribution is -1.98. The molecular weight excluding hydrogens is 215 g/mol. The van der Waals surface area contributed by atoms with Crippen LogP contribution in [0.1, 0.15) is 0 Å². The van der Waals surface area contributed by atoms with Crippen molar-refractivity contribution in [1.29, 1.82) is 0 Å². The minimum atomic E-state index is -1.94.